The highest BCUT2D eigenvalue weighted by Gasteiger charge is 2.14. The molecule has 4 rings (SSSR count). The molecule has 6 nitrogen and oxygen atoms in total. The monoisotopic (exact) mass is 402 g/mol. The van der Waals surface area contributed by atoms with E-state index in [2.05, 4.69) is 10.3 Å². The SMILES string of the molecule is COc1ccccc1-c1nn(-c2ccccc2)cc1/C=C/C(=O)Nc1nccs1. The number of carbonyl (C=O) groups excluding carboxylic acids is 1. The Morgan fingerprint density at radius 1 is 1.14 bits per heavy atom. The van der Waals surface area contributed by atoms with Gasteiger partial charge < -0.3 is 4.74 Å². The summed E-state index contributed by atoms with van der Waals surface area (Å²) in [5.74, 6) is 0.464. The Bertz CT molecular complexity index is 1130. The van der Waals surface area contributed by atoms with Crippen LogP contribution in [-0.2, 0) is 4.79 Å². The van der Waals surface area contributed by atoms with Gasteiger partial charge >= 0.3 is 0 Å². The van der Waals surface area contributed by atoms with E-state index in [-0.39, 0.29) is 5.91 Å². The molecular formula is C22H18N4O2S. The van der Waals surface area contributed by atoms with E-state index in [1.165, 1.54) is 17.4 Å². The highest BCUT2D eigenvalue weighted by Crippen LogP contribution is 2.32. The summed E-state index contributed by atoms with van der Waals surface area (Å²) < 4.78 is 7.30. The molecule has 2 heterocycles. The second kappa shape index (κ2) is 8.53. The lowest BCUT2D eigenvalue weighted by Crippen LogP contribution is -2.07. The van der Waals surface area contributed by atoms with E-state index in [9.17, 15) is 4.79 Å². The molecule has 4 aromatic rings. The number of para-hydroxylation sites is 2. The van der Waals surface area contributed by atoms with E-state index in [1.807, 2.05) is 66.2 Å². The fourth-order valence-electron chi connectivity index (χ4n) is 2.87. The minimum atomic E-state index is -0.251. The molecule has 2 aromatic carbocycles. The molecule has 29 heavy (non-hydrogen) atoms. The van der Waals surface area contributed by atoms with Gasteiger partial charge in [-0.15, -0.1) is 11.3 Å². The van der Waals surface area contributed by atoms with Crippen LogP contribution in [-0.4, -0.2) is 27.8 Å². The lowest BCUT2D eigenvalue weighted by Gasteiger charge is -2.06. The number of methoxy groups -OCH3 is 1. The van der Waals surface area contributed by atoms with Gasteiger partial charge in [0.15, 0.2) is 5.13 Å². The standard InChI is InChI=1S/C22H18N4O2S/c1-28-19-10-6-5-9-18(19)21-16(11-12-20(27)24-22-23-13-14-29-22)15-26(25-21)17-7-3-2-4-8-17/h2-15H,1H3,(H,23,24,27)/b12-11+. The summed E-state index contributed by atoms with van der Waals surface area (Å²) in [7, 11) is 1.63. The molecule has 144 valence electrons. The normalized spacial score (nSPS) is 10.9. The smallest absolute Gasteiger partial charge is 0.250 e. The van der Waals surface area contributed by atoms with Crippen molar-refractivity contribution in [2.45, 2.75) is 0 Å². The van der Waals surface area contributed by atoms with E-state index in [1.54, 1.807) is 24.1 Å². The summed E-state index contributed by atoms with van der Waals surface area (Å²) in [4.78, 5) is 16.3. The number of hydrogen-bond acceptors (Lipinski definition) is 5. The topological polar surface area (TPSA) is 69.0 Å². The van der Waals surface area contributed by atoms with Crippen molar-refractivity contribution in [3.8, 4) is 22.7 Å². The third kappa shape index (κ3) is 4.25. The van der Waals surface area contributed by atoms with Crippen LogP contribution in [0.15, 0.2) is 78.4 Å². The third-order valence-electron chi connectivity index (χ3n) is 4.20. The van der Waals surface area contributed by atoms with Crippen molar-refractivity contribution in [2.24, 2.45) is 0 Å². The van der Waals surface area contributed by atoms with Crippen LogP contribution in [0.5, 0.6) is 5.75 Å². The van der Waals surface area contributed by atoms with Crippen LogP contribution in [0.25, 0.3) is 23.0 Å². The number of anilines is 1. The Balaban J connectivity index is 1.72. The molecule has 7 heteroatoms. The third-order valence-corrected chi connectivity index (χ3v) is 4.89. The molecule has 0 saturated heterocycles. The van der Waals surface area contributed by atoms with Gasteiger partial charge in [0.2, 0.25) is 5.91 Å². The van der Waals surface area contributed by atoms with Gasteiger partial charge in [-0.25, -0.2) is 9.67 Å². The Hall–Kier alpha value is -3.71. The quantitative estimate of drug-likeness (QED) is 0.477. The summed E-state index contributed by atoms with van der Waals surface area (Å²) in [6.07, 6.45) is 6.77. The first-order valence-electron chi connectivity index (χ1n) is 8.91. The van der Waals surface area contributed by atoms with Crippen molar-refractivity contribution >= 4 is 28.5 Å². The number of thiazole rings is 1. The molecule has 0 fully saturated rings. The number of nitrogens with zero attached hydrogens (tertiary/aromatic N) is 3. The molecular weight excluding hydrogens is 384 g/mol. The zero-order valence-electron chi connectivity index (χ0n) is 15.6. The van der Waals surface area contributed by atoms with Gasteiger partial charge in [-0.3, -0.25) is 10.1 Å². The number of carbonyl (C=O) groups is 1. The van der Waals surface area contributed by atoms with E-state index < -0.39 is 0 Å². The summed E-state index contributed by atoms with van der Waals surface area (Å²) in [6, 6.07) is 17.5. The highest BCUT2D eigenvalue weighted by molar-refractivity contribution is 7.13. The zero-order chi connectivity index (χ0) is 20.1. The molecule has 0 aliphatic carbocycles. The van der Waals surface area contributed by atoms with Gasteiger partial charge in [-0.1, -0.05) is 30.3 Å². The van der Waals surface area contributed by atoms with E-state index in [0.29, 0.717) is 10.9 Å². The number of amides is 1. The minimum absolute atomic E-state index is 0.251. The molecule has 0 atom stereocenters. The van der Waals surface area contributed by atoms with Crippen molar-refractivity contribution in [2.75, 3.05) is 12.4 Å². The predicted octanol–water partition coefficient (Wildman–Crippen LogP) is 4.66. The number of ether oxygens (including phenoxy) is 1. The highest BCUT2D eigenvalue weighted by atomic mass is 32.1. The van der Waals surface area contributed by atoms with Crippen molar-refractivity contribution in [3.63, 3.8) is 0 Å². The molecule has 0 aliphatic rings. The first-order chi connectivity index (χ1) is 14.2. The number of aromatic nitrogens is 3. The van der Waals surface area contributed by atoms with Crippen LogP contribution < -0.4 is 10.1 Å². The lowest BCUT2D eigenvalue weighted by atomic mass is 10.1. The predicted molar refractivity (Wildman–Crippen MR) is 115 cm³/mol. The fourth-order valence-corrected chi connectivity index (χ4v) is 3.40. The maximum atomic E-state index is 12.2. The average Bonchev–Trinajstić information content (AvgIpc) is 3.43. The second-order valence-electron chi connectivity index (χ2n) is 6.07. The van der Waals surface area contributed by atoms with E-state index >= 15 is 0 Å². The minimum Gasteiger partial charge on any atom is -0.496 e. The Kier molecular flexibility index (Phi) is 5.49. The molecule has 1 amide bonds. The van der Waals surface area contributed by atoms with Gasteiger partial charge in [0.1, 0.15) is 11.4 Å². The Morgan fingerprint density at radius 2 is 1.93 bits per heavy atom. The van der Waals surface area contributed by atoms with Crippen LogP contribution in [0.1, 0.15) is 5.56 Å². The van der Waals surface area contributed by atoms with Crippen LogP contribution in [0, 0.1) is 0 Å². The maximum Gasteiger partial charge on any atom is 0.250 e. The molecule has 0 spiro atoms. The van der Waals surface area contributed by atoms with Crippen molar-refractivity contribution in [1.82, 2.24) is 14.8 Å². The Morgan fingerprint density at radius 3 is 2.69 bits per heavy atom. The zero-order valence-corrected chi connectivity index (χ0v) is 16.5. The van der Waals surface area contributed by atoms with Crippen LogP contribution in [0.2, 0.25) is 0 Å². The summed E-state index contributed by atoms with van der Waals surface area (Å²) in [5.41, 5.74) is 3.30. The van der Waals surface area contributed by atoms with Crippen LogP contribution >= 0.6 is 11.3 Å². The molecule has 0 saturated carbocycles. The van der Waals surface area contributed by atoms with E-state index in [0.717, 1.165) is 22.5 Å². The number of hydrogen-bond donors (Lipinski definition) is 1. The molecule has 0 unspecified atom stereocenters. The van der Waals surface area contributed by atoms with Crippen molar-refractivity contribution < 1.29 is 9.53 Å². The molecule has 0 aliphatic heterocycles. The van der Waals surface area contributed by atoms with Gasteiger partial charge in [0.25, 0.3) is 0 Å². The number of rotatable bonds is 6. The molecule has 0 radical (unpaired) electrons. The first kappa shape index (κ1) is 18.6. The van der Waals surface area contributed by atoms with Crippen molar-refractivity contribution in [3.05, 3.63) is 84.0 Å². The van der Waals surface area contributed by atoms with Crippen molar-refractivity contribution in [1.29, 1.82) is 0 Å². The molecule has 1 N–H and O–H groups in total. The van der Waals surface area contributed by atoms with Crippen LogP contribution in [0.4, 0.5) is 5.13 Å². The lowest BCUT2D eigenvalue weighted by molar-refractivity contribution is -0.111. The number of benzene rings is 2. The van der Waals surface area contributed by atoms with Gasteiger partial charge in [0.05, 0.1) is 12.8 Å². The first-order valence-corrected chi connectivity index (χ1v) is 9.79. The largest absolute Gasteiger partial charge is 0.496 e. The molecule has 2 aromatic heterocycles. The molecule has 0 bridgehead atoms. The number of nitrogens with one attached hydrogen (secondary N) is 1. The van der Waals surface area contributed by atoms with Gasteiger partial charge in [-0.05, 0) is 30.3 Å². The summed E-state index contributed by atoms with van der Waals surface area (Å²) >= 11 is 1.37. The van der Waals surface area contributed by atoms with Gasteiger partial charge in [0, 0.05) is 35.0 Å². The Labute approximate surface area is 172 Å². The fraction of sp³-hybridized carbons (Fsp3) is 0.0455. The van der Waals surface area contributed by atoms with Crippen LogP contribution in [0.3, 0.4) is 0 Å². The average molecular weight is 402 g/mol. The summed E-state index contributed by atoms with van der Waals surface area (Å²) in [5, 5.41) is 9.87. The summed E-state index contributed by atoms with van der Waals surface area (Å²) in [6.45, 7) is 0. The maximum absolute atomic E-state index is 12.2. The second-order valence-corrected chi connectivity index (χ2v) is 6.97. The van der Waals surface area contributed by atoms with E-state index in [4.69, 9.17) is 9.84 Å². The van der Waals surface area contributed by atoms with Gasteiger partial charge in [-0.2, -0.15) is 5.10 Å².